The van der Waals surface area contributed by atoms with Crippen molar-refractivity contribution in [1.29, 1.82) is 0 Å². The highest BCUT2D eigenvalue weighted by atomic mass is 19.4. The Hall–Kier alpha value is -3.23. The van der Waals surface area contributed by atoms with E-state index >= 15 is 0 Å². The number of fused-ring (bicyclic) bond motifs is 1. The Morgan fingerprint density at radius 1 is 1.08 bits per heavy atom. The van der Waals surface area contributed by atoms with E-state index in [9.17, 15) is 22.4 Å². The molecule has 0 aliphatic heterocycles. The molecule has 0 unspecified atom stereocenters. The number of alkyl halides is 3. The lowest BCUT2D eigenvalue weighted by atomic mass is 10.2. The maximum absolute atomic E-state index is 12.9. The van der Waals surface area contributed by atoms with Crippen molar-refractivity contribution in [3.8, 4) is 0 Å². The van der Waals surface area contributed by atoms with E-state index in [0.717, 1.165) is 12.1 Å². The first-order valence-electron chi connectivity index (χ1n) is 6.91. The van der Waals surface area contributed by atoms with Crippen molar-refractivity contribution in [2.75, 3.05) is 5.43 Å². The van der Waals surface area contributed by atoms with Crippen LogP contribution in [0.15, 0.2) is 58.0 Å². The molecule has 25 heavy (non-hydrogen) atoms. The van der Waals surface area contributed by atoms with Gasteiger partial charge in [-0.25, -0.2) is 9.37 Å². The summed E-state index contributed by atoms with van der Waals surface area (Å²) in [5.74, 6) is -3.31. The summed E-state index contributed by atoms with van der Waals surface area (Å²) in [7, 11) is 0. The van der Waals surface area contributed by atoms with Crippen LogP contribution >= 0.6 is 0 Å². The number of anilines is 1. The maximum Gasteiger partial charge on any atom is 0.456 e. The highest BCUT2D eigenvalue weighted by Crippen LogP contribution is 2.22. The molecule has 0 amide bonds. The van der Waals surface area contributed by atoms with Gasteiger partial charge in [0, 0.05) is 0 Å². The van der Waals surface area contributed by atoms with Crippen LogP contribution in [0.25, 0.3) is 11.1 Å². The van der Waals surface area contributed by atoms with Gasteiger partial charge in [-0.1, -0.05) is 12.1 Å². The Morgan fingerprint density at radius 2 is 1.76 bits per heavy atom. The van der Waals surface area contributed by atoms with Gasteiger partial charge in [0.1, 0.15) is 11.3 Å². The zero-order valence-corrected chi connectivity index (χ0v) is 12.3. The molecule has 0 bridgehead atoms. The number of hydrogen-bond donors (Lipinski definition) is 1. The van der Waals surface area contributed by atoms with Gasteiger partial charge in [-0.15, -0.1) is 0 Å². The van der Waals surface area contributed by atoms with Crippen LogP contribution in [0, 0.1) is 5.82 Å². The van der Waals surface area contributed by atoms with Gasteiger partial charge in [0.05, 0.1) is 5.69 Å². The molecule has 1 N–H and O–H groups in total. The van der Waals surface area contributed by atoms with Gasteiger partial charge in [-0.05, 0) is 36.4 Å². The van der Waals surface area contributed by atoms with E-state index < -0.39 is 29.4 Å². The van der Waals surface area contributed by atoms with Gasteiger partial charge in [0.15, 0.2) is 11.3 Å². The molecule has 1 heterocycles. The fourth-order valence-corrected chi connectivity index (χ4v) is 1.95. The zero-order valence-electron chi connectivity index (χ0n) is 12.3. The molecule has 128 valence electrons. The SMILES string of the molecule is O=C(C(=NNc1ccc(F)cc1)c1nc2ccccc2o1)C(F)(F)F. The third kappa shape index (κ3) is 3.65. The lowest BCUT2D eigenvalue weighted by molar-refractivity contribution is -0.163. The number of nitrogens with zero attached hydrogens (tertiary/aromatic N) is 2. The standard InChI is InChI=1S/C16H9F4N3O2/c17-9-5-7-10(8-6-9)22-23-13(14(24)16(18,19)20)15-21-11-3-1-2-4-12(11)25-15/h1-8,22H. The molecule has 3 rings (SSSR count). The number of carbonyl (C=O) groups excluding carboxylic acids is 1. The Bertz CT molecular complexity index is 913. The molecule has 1 aromatic heterocycles. The van der Waals surface area contributed by atoms with Crippen LogP contribution in [0.5, 0.6) is 0 Å². The molecule has 0 aliphatic carbocycles. The van der Waals surface area contributed by atoms with Crippen molar-refractivity contribution in [2.24, 2.45) is 5.10 Å². The normalized spacial score (nSPS) is 12.4. The minimum Gasteiger partial charge on any atom is -0.435 e. The number of carbonyl (C=O) groups is 1. The van der Waals surface area contributed by atoms with Gasteiger partial charge >= 0.3 is 6.18 Å². The van der Waals surface area contributed by atoms with Crippen molar-refractivity contribution in [2.45, 2.75) is 6.18 Å². The Kier molecular flexibility index (Phi) is 4.22. The predicted octanol–water partition coefficient (Wildman–Crippen LogP) is 3.91. The molecule has 5 nitrogen and oxygen atoms in total. The molecular formula is C16H9F4N3O2. The number of rotatable bonds is 4. The van der Waals surface area contributed by atoms with Crippen molar-refractivity contribution in [3.05, 3.63) is 60.2 Å². The molecule has 0 radical (unpaired) electrons. The first-order chi connectivity index (χ1) is 11.8. The van der Waals surface area contributed by atoms with Gasteiger partial charge in [-0.3, -0.25) is 10.2 Å². The molecule has 2 aromatic carbocycles. The fourth-order valence-electron chi connectivity index (χ4n) is 1.95. The summed E-state index contributed by atoms with van der Waals surface area (Å²) < 4.78 is 56.6. The lowest BCUT2D eigenvalue weighted by Gasteiger charge is -2.06. The number of Topliss-reactive ketones (excluding diaryl/α,β-unsaturated/α-hetero) is 1. The van der Waals surface area contributed by atoms with E-state index in [4.69, 9.17) is 4.42 Å². The summed E-state index contributed by atoms with van der Waals surface area (Å²) in [6.07, 6.45) is -5.16. The van der Waals surface area contributed by atoms with Crippen molar-refractivity contribution in [1.82, 2.24) is 4.98 Å². The van der Waals surface area contributed by atoms with Crippen LogP contribution in [0.3, 0.4) is 0 Å². The average Bonchev–Trinajstić information content (AvgIpc) is 2.99. The number of ketones is 1. The van der Waals surface area contributed by atoms with Crippen LogP contribution in [0.1, 0.15) is 5.89 Å². The van der Waals surface area contributed by atoms with E-state index in [2.05, 4.69) is 15.5 Å². The van der Waals surface area contributed by atoms with Gasteiger partial charge < -0.3 is 4.42 Å². The molecule has 0 aliphatic rings. The monoisotopic (exact) mass is 351 g/mol. The van der Waals surface area contributed by atoms with E-state index in [1.54, 1.807) is 12.1 Å². The lowest BCUT2D eigenvalue weighted by Crippen LogP contribution is -2.32. The fraction of sp³-hybridized carbons (Fsp3) is 0.0625. The second-order valence-corrected chi connectivity index (χ2v) is 4.89. The number of oxazole rings is 1. The van der Waals surface area contributed by atoms with Crippen LogP contribution in [-0.4, -0.2) is 22.7 Å². The third-order valence-electron chi connectivity index (χ3n) is 3.11. The van der Waals surface area contributed by atoms with Crippen LogP contribution in [-0.2, 0) is 4.79 Å². The van der Waals surface area contributed by atoms with Crippen molar-refractivity contribution < 1.29 is 26.8 Å². The number of para-hydroxylation sites is 2. The van der Waals surface area contributed by atoms with Crippen molar-refractivity contribution in [3.63, 3.8) is 0 Å². The summed E-state index contributed by atoms with van der Waals surface area (Å²) in [5.41, 5.74) is 1.91. The van der Waals surface area contributed by atoms with Crippen LogP contribution in [0.2, 0.25) is 0 Å². The second-order valence-electron chi connectivity index (χ2n) is 4.89. The first kappa shape index (κ1) is 16.6. The molecule has 0 saturated heterocycles. The van der Waals surface area contributed by atoms with Gasteiger partial charge in [0.25, 0.3) is 11.7 Å². The molecule has 9 heteroatoms. The molecule has 0 spiro atoms. The molecule has 0 fully saturated rings. The average molecular weight is 351 g/mol. The molecule has 0 saturated carbocycles. The maximum atomic E-state index is 12.9. The predicted molar refractivity (Wildman–Crippen MR) is 81.6 cm³/mol. The highest BCUT2D eigenvalue weighted by molar-refractivity contribution is 6.47. The van der Waals surface area contributed by atoms with E-state index in [0.29, 0.717) is 0 Å². The van der Waals surface area contributed by atoms with Crippen LogP contribution < -0.4 is 5.43 Å². The Balaban J connectivity index is 2.01. The third-order valence-corrected chi connectivity index (χ3v) is 3.11. The van der Waals surface area contributed by atoms with Crippen LogP contribution in [0.4, 0.5) is 23.2 Å². The highest BCUT2D eigenvalue weighted by Gasteiger charge is 2.44. The Morgan fingerprint density at radius 3 is 2.40 bits per heavy atom. The summed E-state index contributed by atoms with van der Waals surface area (Å²) in [6, 6.07) is 10.9. The number of hydrogen-bond acceptors (Lipinski definition) is 5. The quantitative estimate of drug-likeness (QED) is 0.440. The van der Waals surface area contributed by atoms with Crippen molar-refractivity contribution >= 4 is 28.3 Å². The minimum atomic E-state index is -5.16. The molecular weight excluding hydrogens is 342 g/mol. The van der Waals surface area contributed by atoms with Gasteiger partial charge in [-0.2, -0.15) is 18.3 Å². The van der Waals surface area contributed by atoms with Gasteiger partial charge in [0.2, 0.25) is 0 Å². The topological polar surface area (TPSA) is 67.5 Å². The molecule has 0 atom stereocenters. The van der Waals surface area contributed by atoms with E-state index in [-0.39, 0.29) is 16.8 Å². The number of nitrogens with one attached hydrogen (secondary N) is 1. The number of benzene rings is 2. The summed E-state index contributed by atoms with van der Waals surface area (Å²) in [5, 5.41) is 3.47. The second kappa shape index (κ2) is 6.34. The number of aromatic nitrogens is 1. The number of halogens is 4. The minimum absolute atomic E-state index is 0.185. The smallest absolute Gasteiger partial charge is 0.435 e. The molecule has 3 aromatic rings. The van der Waals surface area contributed by atoms with E-state index in [1.807, 2.05) is 0 Å². The Labute approximate surface area is 138 Å². The van der Waals surface area contributed by atoms with E-state index in [1.165, 1.54) is 24.3 Å². The zero-order chi connectivity index (χ0) is 18.0. The largest absolute Gasteiger partial charge is 0.456 e. The summed E-state index contributed by atoms with van der Waals surface area (Å²) >= 11 is 0. The first-order valence-corrected chi connectivity index (χ1v) is 6.91. The summed E-state index contributed by atoms with van der Waals surface area (Å²) in [4.78, 5) is 15.5. The summed E-state index contributed by atoms with van der Waals surface area (Å²) in [6.45, 7) is 0. The number of hydrazone groups is 1.